The van der Waals surface area contributed by atoms with Gasteiger partial charge in [0.2, 0.25) is 5.91 Å². The average molecular weight is 385 g/mol. The molecule has 0 radical (unpaired) electrons. The summed E-state index contributed by atoms with van der Waals surface area (Å²) < 4.78 is 7.09. The number of nitrogens with one attached hydrogen (secondary N) is 1. The number of thiophene rings is 1. The van der Waals surface area contributed by atoms with Gasteiger partial charge in [0.1, 0.15) is 17.0 Å². The minimum atomic E-state index is -0.191. The van der Waals surface area contributed by atoms with Gasteiger partial charge in [-0.25, -0.2) is 4.98 Å². The highest BCUT2D eigenvalue weighted by Gasteiger charge is 2.12. The molecule has 7 heteroatoms. The highest BCUT2D eigenvalue weighted by Crippen LogP contribution is 2.31. The van der Waals surface area contributed by atoms with E-state index in [0.29, 0.717) is 22.7 Å². The smallest absolute Gasteiger partial charge is 0.271 e. The zero-order valence-corrected chi connectivity index (χ0v) is 16.5. The molecule has 2 heterocycles. The Morgan fingerprint density at radius 3 is 2.70 bits per heavy atom. The van der Waals surface area contributed by atoms with Gasteiger partial charge in [-0.1, -0.05) is 13.8 Å². The molecule has 0 aliphatic heterocycles. The second-order valence-corrected chi connectivity index (χ2v) is 7.82. The van der Waals surface area contributed by atoms with Crippen molar-refractivity contribution in [1.82, 2.24) is 14.9 Å². The van der Waals surface area contributed by atoms with E-state index in [0.717, 1.165) is 22.6 Å². The molecule has 3 aromatic rings. The molecule has 6 nitrogen and oxygen atoms in total. The van der Waals surface area contributed by atoms with Crippen molar-refractivity contribution in [1.29, 1.82) is 0 Å². The predicted molar refractivity (Wildman–Crippen MR) is 108 cm³/mol. The number of benzene rings is 1. The topological polar surface area (TPSA) is 73.2 Å². The van der Waals surface area contributed by atoms with Crippen LogP contribution in [-0.2, 0) is 11.3 Å². The molecule has 142 valence electrons. The molecule has 1 aromatic carbocycles. The summed E-state index contributed by atoms with van der Waals surface area (Å²) in [5, 5.41) is 2.84. The maximum atomic E-state index is 12.7. The van der Waals surface area contributed by atoms with Crippen LogP contribution < -0.4 is 15.6 Å². The molecule has 1 amide bonds. The van der Waals surface area contributed by atoms with Crippen LogP contribution >= 0.6 is 11.3 Å². The van der Waals surface area contributed by atoms with Crippen molar-refractivity contribution in [2.24, 2.45) is 5.92 Å². The molecule has 27 heavy (non-hydrogen) atoms. The first kappa shape index (κ1) is 19.1. The molecule has 3 rings (SSSR count). The fourth-order valence-electron chi connectivity index (χ4n) is 2.67. The van der Waals surface area contributed by atoms with Crippen LogP contribution in [0.15, 0.2) is 41.5 Å². The Labute approximate surface area is 161 Å². The van der Waals surface area contributed by atoms with Crippen molar-refractivity contribution in [3.63, 3.8) is 0 Å². The van der Waals surface area contributed by atoms with E-state index >= 15 is 0 Å². The van der Waals surface area contributed by atoms with E-state index in [-0.39, 0.29) is 18.0 Å². The van der Waals surface area contributed by atoms with Crippen molar-refractivity contribution >= 4 is 27.5 Å². The van der Waals surface area contributed by atoms with E-state index in [2.05, 4.69) is 24.1 Å². The minimum absolute atomic E-state index is 0.0182. The molecule has 2 aromatic heterocycles. The average Bonchev–Trinajstić information content (AvgIpc) is 3.09. The van der Waals surface area contributed by atoms with Gasteiger partial charge >= 0.3 is 0 Å². The number of fused-ring (bicyclic) bond motifs is 1. The zero-order valence-electron chi connectivity index (χ0n) is 15.7. The van der Waals surface area contributed by atoms with Crippen LogP contribution in [0.2, 0.25) is 0 Å². The predicted octanol–water partition coefficient (Wildman–Crippen LogP) is 3.30. The Kier molecular flexibility index (Phi) is 5.91. The number of hydrogen-bond donors (Lipinski definition) is 1. The molecule has 1 N–H and O–H groups in total. The van der Waals surface area contributed by atoms with Crippen LogP contribution in [-0.4, -0.2) is 29.1 Å². The Hall–Kier alpha value is -2.67. The van der Waals surface area contributed by atoms with Crippen LogP contribution in [0.25, 0.3) is 20.7 Å². The molecular formula is C20H23N3O3S. The van der Waals surface area contributed by atoms with Crippen molar-refractivity contribution in [2.45, 2.75) is 26.8 Å². The number of carbonyl (C=O) groups excluding carboxylic acids is 1. The van der Waals surface area contributed by atoms with E-state index < -0.39 is 0 Å². The van der Waals surface area contributed by atoms with Crippen molar-refractivity contribution in [3.05, 3.63) is 47.0 Å². The fourth-order valence-corrected chi connectivity index (χ4v) is 3.73. The summed E-state index contributed by atoms with van der Waals surface area (Å²) in [4.78, 5) is 30.1. The summed E-state index contributed by atoms with van der Waals surface area (Å²) >= 11 is 1.39. The lowest BCUT2D eigenvalue weighted by Gasteiger charge is -2.08. The fraction of sp³-hybridized carbons (Fsp3) is 0.350. The molecule has 0 atom stereocenters. The number of aromatic nitrogens is 2. The van der Waals surface area contributed by atoms with Crippen LogP contribution in [0.3, 0.4) is 0 Å². The number of amides is 1. The van der Waals surface area contributed by atoms with Gasteiger partial charge in [0.25, 0.3) is 5.56 Å². The molecule has 0 aliphatic rings. The maximum absolute atomic E-state index is 12.7. The summed E-state index contributed by atoms with van der Waals surface area (Å²) in [6.45, 7) is 4.80. The van der Waals surface area contributed by atoms with E-state index in [9.17, 15) is 9.59 Å². The Morgan fingerprint density at radius 2 is 2.04 bits per heavy atom. The normalized spacial score (nSPS) is 11.1. The van der Waals surface area contributed by atoms with Gasteiger partial charge in [-0.15, -0.1) is 11.3 Å². The lowest BCUT2D eigenvalue weighted by Crippen LogP contribution is -2.33. The van der Waals surface area contributed by atoms with E-state index in [1.54, 1.807) is 7.11 Å². The Morgan fingerprint density at radius 1 is 1.30 bits per heavy atom. The number of methoxy groups -OCH3 is 1. The van der Waals surface area contributed by atoms with Crippen molar-refractivity contribution in [2.75, 3.05) is 13.7 Å². The van der Waals surface area contributed by atoms with Gasteiger partial charge in [0.15, 0.2) is 0 Å². The summed E-state index contributed by atoms with van der Waals surface area (Å²) in [7, 11) is 1.62. The van der Waals surface area contributed by atoms with Crippen molar-refractivity contribution < 1.29 is 9.53 Å². The van der Waals surface area contributed by atoms with Crippen LogP contribution in [0.5, 0.6) is 5.75 Å². The molecular weight excluding hydrogens is 362 g/mol. The molecule has 0 saturated carbocycles. The van der Waals surface area contributed by atoms with Gasteiger partial charge in [0, 0.05) is 11.4 Å². The third-order valence-electron chi connectivity index (χ3n) is 4.24. The number of nitrogens with zero attached hydrogens (tertiary/aromatic N) is 2. The number of carbonyl (C=O) groups is 1. The minimum Gasteiger partial charge on any atom is -0.497 e. The van der Waals surface area contributed by atoms with Gasteiger partial charge < -0.3 is 10.1 Å². The zero-order chi connectivity index (χ0) is 19.4. The summed E-state index contributed by atoms with van der Waals surface area (Å²) in [6, 6.07) is 9.56. The molecule has 0 aliphatic carbocycles. The first-order valence-electron chi connectivity index (χ1n) is 8.88. The molecule has 0 bridgehead atoms. The summed E-state index contributed by atoms with van der Waals surface area (Å²) in [5.74, 6) is 1.13. The monoisotopic (exact) mass is 385 g/mol. The lowest BCUT2D eigenvalue weighted by molar-refractivity contribution is -0.121. The van der Waals surface area contributed by atoms with Gasteiger partial charge in [-0.3, -0.25) is 14.2 Å². The highest BCUT2D eigenvalue weighted by atomic mass is 32.1. The second kappa shape index (κ2) is 8.35. The first-order chi connectivity index (χ1) is 13.0. The molecule has 0 unspecified atom stereocenters. The number of rotatable bonds is 7. The second-order valence-electron chi connectivity index (χ2n) is 6.76. The molecule has 0 fully saturated rings. The third kappa shape index (κ3) is 4.54. The molecule has 0 spiro atoms. The van der Waals surface area contributed by atoms with Crippen LogP contribution in [0.4, 0.5) is 0 Å². The SMILES string of the molecule is COc1ccc(-c2cc3ncn(CC(=O)NCCC(C)C)c(=O)c3s2)cc1. The molecule has 0 saturated heterocycles. The van der Waals surface area contributed by atoms with Gasteiger partial charge in [-0.05, 0) is 48.2 Å². The Balaban J connectivity index is 1.80. The van der Waals surface area contributed by atoms with Crippen LogP contribution in [0, 0.1) is 5.92 Å². The van der Waals surface area contributed by atoms with Gasteiger partial charge in [-0.2, -0.15) is 0 Å². The Bertz CT molecular complexity index is 990. The van der Waals surface area contributed by atoms with Gasteiger partial charge in [0.05, 0.1) is 19.0 Å². The van der Waals surface area contributed by atoms with E-state index in [1.807, 2.05) is 30.3 Å². The summed E-state index contributed by atoms with van der Waals surface area (Å²) in [6.07, 6.45) is 2.35. The van der Waals surface area contributed by atoms with Crippen LogP contribution in [0.1, 0.15) is 20.3 Å². The number of hydrogen-bond acceptors (Lipinski definition) is 5. The number of ether oxygens (including phenoxy) is 1. The quantitative estimate of drug-likeness (QED) is 0.677. The standard InChI is InChI=1S/C20H23N3O3S/c1-13(2)8-9-21-18(24)11-23-12-22-16-10-17(27-19(16)20(23)25)14-4-6-15(26-3)7-5-14/h4-7,10,12-13H,8-9,11H2,1-3H3,(H,21,24). The highest BCUT2D eigenvalue weighted by molar-refractivity contribution is 7.22. The first-order valence-corrected chi connectivity index (χ1v) is 9.69. The lowest BCUT2D eigenvalue weighted by atomic mass is 10.1. The van der Waals surface area contributed by atoms with E-state index in [4.69, 9.17) is 4.74 Å². The maximum Gasteiger partial charge on any atom is 0.271 e. The third-order valence-corrected chi connectivity index (χ3v) is 5.40. The van der Waals surface area contributed by atoms with Crippen molar-refractivity contribution in [3.8, 4) is 16.2 Å². The van der Waals surface area contributed by atoms with E-state index in [1.165, 1.54) is 22.2 Å². The largest absolute Gasteiger partial charge is 0.497 e. The summed E-state index contributed by atoms with van der Waals surface area (Å²) in [5.41, 5.74) is 1.45.